The minimum absolute atomic E-state index is 0.0251. The molecule has 0 radical (unpaired) electrons. The highest BCUT2D eigenvalue weighted by Crippen LogP contribution is 2.28. The van der Waals surface area contributed by atoms with Gasteiger partial charge < -0.3 is 10.2 Å². The summed E-state index contributed by atoms with van der Waals surface area (Å²) in [5.74, 6) is 0.908. The molecule has 1 aromatic carbocycles. The van der Waals surface area contributed by atoms with Crippen molar-refractivity contribution in [1.29, 1.82) is 0 Å². The lowest BCUT2D eigenvalue weighted by Gasteiger charge is -2.04. The molecule has 0 aliphatic rings. The van der Waals surface area contributed by atoms with Crippen molar-refractivity contribution >= 4 is 11.0 Å². The Balaban J connectivity index is 2.47. The van der Waals surface area contributed by atoms with Gasteiger partial charge in [-0.3, -0.25) is 0 Å². The Kier molecular flexibility index (Phi) is 3.01. The number of hydrogen-bond donors (Lipinski definition) is 1. The Morgan fingerprint density at radius 2 is 2.00 bits per heavy atom. The van der Waals surface area contributed by atoms with Crippen LogP contribution in [-0.4, -0.2) is 0 Å². The molecule has 1 unspecified atom stereocenters. The van der Waals surface area contributed by atoms with Crippen molar-refractivity contribution in [2.75, 3.05) is 0 Å². The molecule has 0 spiro atoms. The van der Waals surface area contributed by atoms with Gasteiger partial charge in [0.05, 0.1) is 6.04 Å². The molecule has 2 rings (SSSR count). The van der Waals surface area contributed by atoms with Gasteiger partial charge >= 0.3 is 0 Å². The summed E-state index contributed by atoms with van der Waals surface area (Å²) in [6, 6.07) is 6.36. The second kappa shape index (κ2) is 4.30. The van der Waals surface area contributed by atoms with Gasteiger partial charge in [-0.1, -0.05) is 19.4 Å². The number of rotatable bonds is 3. The van der Waals surface area contributed by atoms with Crippen LogP contribution >= 0.6 is 0 Å². The second-order valence-corrected chi connectivity index (χ2v) is 4.54. The summed E-state index contributed by atoms with van der Waals surface area (Å²) in [7, 11) is 0. The fraction of sp³-hybridized carbons (Fsp3) is 0.429. The topological polar surface area (TPSA) is 39.2 Å². The van der Waals surface area contributed by atoms with Crippen molar-refractivity contribution in [3.8, 4) is 0 Å². The van der Waals surface area contributed by atoms with Crippen molar-refractivity contribution in [3.05, 3.63) is 35.1 Å². The average molecular weight is 217 g/mol. The minimum Gasteiger partial charge on any atom is -0.459 e. The van der Waals surface area contributed by atoms with Crippen LogP contribution in [0, 0.1) is 13.8 Å². The lowest BCUT2D eigenvalue weighted by atomic mass is 10.1. The van der Waals surface area contributed by atoms with Crippen LogP contribution in [0.4, 0.5) is 0 Å². The van der Waals surface area contributed by atoms with E-state index in [1.807, 2.05) is 0 Å². The number of benzene rings is 1. The van der Waals surface area contributed by atoms with Gasteiger partial charge in [0.25, 0.3) is 0 Å². The number of nitrogens with two attached hydrogens (primary N) is 1. The molecule has 1 atom stereocenters. The van der Waals surface area contributed by atoms with Crippen LogP contribution in [-0.2, 0) is 0 Å². The second-order valence-electron chi connectivity index (χ2n) is 4.54. The summed E-state index contributed by atoms with van der Waals surface area (Å²) in [6.07, 6.45) is 2.05. The fourth-order valence-corrected chi connectivity index (χ4v) is 2.14. The number of hydrogen-bond acceptors (Lipinski definition) is 2. The molecule has 86 valence electrons. The summed E-state index contributed by atoms with van der Waals surface area (Å²) >= 11 is 0. The fourth-order valence-electron chi connectivity index (χ4n) is 2.14. The number of fused-ring (bicyclic) bond motifs is 1. The van der Waals surface area contributed by atoms with Crippen molar-refractivity contribution in [2.24, 2.45) is 5.73 Å². The molecule has 0 fully saturated rings. The van der Waals surface area contributed by atoms with Gasteiger partial charge in [-0.15, -0.1) is 0 Å². The maximum atomic E-state index is 6.06. The van der Waals surface area contributed by atoms with E-state index in [-0.39, 0.29) is 6.04 Å². The maximum absolute atomic E-state index is 6.06. The molecule has 2 nitrogen and oxygen atoms in total. The van der Waals surface area contributed by atoms with Gasteiger partial charge in [-0.2, -0.15) is 0 Å². The molecule has 2 N–H and O–H groups in total. The lowest BCUT2D eigenvalue weighted by molar-refractivity contribution is 0.475. The van der Waals surface area contributed by atoms with Gasteiger partial charge in [0.2, 0.25) is 0 Å². The lowest BCUT2D eigenvalue weighted by Crippen LogP contribution is -2.08. The molecule has 2 aromatic rings. The van der Waals surface area contributed by atoms with E-state index in [0.29, 0.717) is 0 Å². The van der Waals surface area contributed by atoms with Crippen molar-refractivity contribution in [1.82, 2.24) is 0 Å². The third-order valence-electron chi connectivity index (χ3n) is 2.97. The first kappa shape index (κ1) is 11.2. The Morgan fingerprint density at radius 1 is 1.25 bits per heavy atom. The Hall–Kier alpha value is -1.28. The first-order valence-corrected chi connectivity index (χ1v) is 5.88. The Morgan fingerprint density at radius 3 is 2.69 bits per heavy atom. The van der Waals surface area contributed by atoms with Crippen molar-refractivity contribution in [3.63, 3.8) is 0 Å². The highest BCUT2D eigenvalue weighted by molar-refractivity contribution is 5.82. The van der Waals surface area contributed by atoms with E-state index in [1.54, 1.807) is 0 Å². The highest BCUT2D eigenvalue weighted by atomic mass is 16.3. The number of aryl methyl sites for hydroxylation is 2. The minimum atomic E-state index is 0.0251. The van der Waals surface area contributed by atoms with E-state index in [2.05, 4.69) is 39.0 Å². The third-order valence-corrected chi connectivity index (χ3v) is 2.97. The summed E-state index contributed by atoms with van der Waals surface area (Å²) in [4.78, 5) is 0. The normalized spacial score (nSPS) is 13.2. The molecule has 1 heterocycles. The highest BCUT2D eigenvalue weighted by Gasteiger charge is 2.12. The zero-order valence-corrected chi connectivity index (χ0v) is 10.2. The zero-order chi connectivity index (χ0) is 11.7. The van der Waals surface area contributed by atoms with E-state index in [4.69, 9.17) is 10.2 Å². The van der Waals surface area contributed by atoms with Gasteiger partial charge in [0.15, 0.2) is 0 Å². The van der Waals surface area contributed by atoms with Crippen LogP contribution in [0.2, 0.25) is 0 Å². The van der Waals surface area contributed by atoms with Crippen LogP contribution < -0.4 is 5.73 Å². The summed E-state index contributed by atoms with van der Waals surface area (Å²) < 4.78 is 5.82. The summed E-state index contributed by atoms with van der Waals surface area (Å²) in [5, 5.41) is 1.19. The molecule has 0 aliphatic heterocycles. The van der Waals surface area contributed by atoms with Crippen LogP contribution in [0.5, 0.6) is 0 Å². The van der Waals surface area contributed by atoms with Gasteiger partial charge in [-0.05, 0) is 43.5 Å². The molecule has 0 aliphatic carbocycles. The van der Waals surface area contributed by atoms with Crippen molar-refractivity contribution in [2.45, 2.75) is 39.7 Å². The predicted molar refractivity (Wildman–Crippen MR) is 67.5 cm³/mol. The average Bonchev–Trinajstić information content (AvgIpc) is 2.62. The van der Waals surface area contributed by atoms with Crippen LogP contribution in [0.25, 0.3) is 11.0 Å². The van der Waals surface area contributed by atoms with Crippen LogP contribution in [0.3, 0.4) is 0 Å². The van der Waals surface area contributed by atoms with Gasteiger partial charge in [0.1, 0.15) is 11.3 Å². The Bertz CT molecular complexity index is 499. The van der Waals surface area contributed by atoms with Crippen LogP contribution in [0.1, 0.15) is 42.7 Å². The number of furan rings is 1. The van der Waals surface area contributed by atoms with E-state index < -0.39 is 0 Å². The maximum Gasteiger partial charge on any atom is 0.134 e. The smallest absolute Gasteiger partial charge is 0.134 e. The predicted octanol–water partition coefficient (Wildman–Crippen LogP) is 3.85. The summed E-state index contributed by atoms with van der Waals surface area (Å²) in [5.41, 5.74) is 9.51. The molecular weight excluding hydrogens is 198 g/mol. The van der Waals surface area contributed by atoms with Crippen LogP contribution in [0.15, 0.2) is 22.6 Å². The molecule has 2 heteroatoms. The Labute approximate surface area is 96.4 Å². The first-order chi connectivity index (χ1) is 7.61. The molecule has 0 bridgehead atoms. The zero-order valence-electron chi connectivity index (χ0n) is 10.2. The van der Waals surface area contributed by atoms with E-state index in [9.17, 15) is 0 Å². The van der Waals surface area contributed by atoms with E-state index in [0.717, 1.165) is 24.2 Å². The van der Waals surface area contributed by atoms with Gasteiger partial charge in [0, 0.05) is 5.39 Å². The molecule has 0 saturated heterocycles. The standard InChI is InChI=1S/C14H19NO/c1-4-5-12(15)14-8-11-10(3)6-9(2)7-13(11)16-14/h6-8,12H,4-5,15H2,1-3H3. The SMILES string of the molecule is CCCC(N)c1cc2c(C)cc(C)cc2o1. The first-order valence-electron chi connectivity index (χ1n) is 5.88. The third kappa shape index (κ3) is 1.98. The van der Waals surface area contributed by atoms with Gasteiger partial charge in [-0.25, -0.2) is 0 Å². The monoisotopic (exact) mass is 217 g/mol. The van der Waals surface area contributed by atoms with Crippen molar-refractivity contribution < 1.29 is 4.42 Å². The molecule has 0 saturated carbocycles. The molecule has 16 heavy (non-hydrogen) atoms. The summed E-state index contributed by atoms with van der Waals surface area (Å²) in [6.45, 7) is 6.33. The largest absolute Gasteiger partial charge is 0.459 e. The van der Waals surface area contributed by atoms with E-state index >= 15 is 0 Å². The van der Waals surface area contributed by atoms with E-state index in [1.165, 1.54) is 16.5 Å². The molecule has 0 amide bonds. The molecule has 1 aromatic heterocycles. The quantitative estimate of drug-likeness (QED) is 0.848. The molecular formula is C14H19NO.